The van der Waals surface area contributed by atoms with Crippen molar-refractivity contribution in [2.24, 2.45) is 0 Å². The molecule has 0 N–H and O–H groups in total. The zero-order valence-electron chi connectivity index (χ0n) is 10.6. The molecule has 5 heteroatoms. The van der Waals surface area contributed by atoms with Crippen LogP contribution in [0.15, 0.2) is 41.4 Å². The number of benzene rings is 1. The summed E-state index contributed by atoms with van der Waals surface area (Å²) in [4.78, 5) is 8.32. The molecule has 0 atom stereocenters. The average molecular weight is 274 g/mol. The van der Waals surface area contributed by atoms with Crippen LogP contribution in [0, 0.1) is 13.8 Å². The second kappa shape index (κ2) is 4.55. The first-order valence-corrected chi connectivity index (χ1v) is 6.24. The molecule has 4 nitrogen and oxygen atoms in total. The molecule has 0 spiro atoms. The maximum Gasteiger partial charge on any atom is 0.181 e. The van der Waals surface area contributed by atoms with Gasteiger partial charge >= 0.3 is 0 Å². The maximum absolute atomic E-state index is 6.21. The summed E-state index contributed by atoms with van der Waals surface area (Å²) in [6.07, 6.45) is 5.03. The third kappa shape index (κ3) is 2.15. The van der Waals surface area contributed by atoms with Gasteiger partial charge in [0.15, 0.2) is 12.2 Å². The molecule has 1 aromatic carbocycles. The number of aryl methyl sites for hydroxylation is 2. The van der Waals surface area contributed by atoms with E-state index >= 15 is 0 Å². The Morgan fingerprint density at radius 2 is 2.11 bits per heavy atom. The molecule has 0 aliphatic rings. The molecule has 0 amide bonds. The highest BCUT2D eigenvalue weighted by Crippen LogP contribution is 2.30. The van der Waals surface area contributed by atoms with Crippen LogP contribution in [0.4, 0.5) is 0 Å². The molecule has 0 saturated carbocycles. The summed E-state index contributed by atoms with van der Waals surface area (Å²) in [5.41, 5.74) is 2.80. The van der Waals surface area contributed by atoms with E-state index in [1.807, 2.05) is 42.8 Å². The molecule has 3 aromatic rings. The van der Waals surface area contributed by atoms with E-state index in [-0.39, 0.29) is 0 Å². The minimum Gasteiger partial charge on any atom is -0.443 e. The fourth-order valence-electron chi connectivity index (χ4n) is 2.08. The third-order valence-electron chi connectivity index (χ3n) is 2.93. The number of hydrogen-bond acceptors (Lipinski definition) is 3. The number of nitrogens with zero attached hydrogens (tertiary/aromatic N) is 3. The van der Waals surface area contributed by atoms with Gasteiger partial charge in [-0.25, -0.2) is 9.97 Å². The zero-order valence-corrected chi connectivity index (χ0v) is 11.3. The van der Waals surface area contributed by atoms with Gasteiger partial charge in [-0.15, -0.1) is 0 Å². The van der Waals surface area contributed by atoms with Crippen LogP contribution in [-0.4, -0.2) is 14.5 Å². The van der Waals surface area contributed by atoms with Crippen molar-refractivity contribution in [2.45, 2.75) is 13.8 Å². The summed E-state index contributed by atoms with van der Waals surface area (Å²) < 4.78 is 7.33. The lowest BCUT2D eigenvalue weighted by Gasteiger charge is -2.08. The van der Waals surface area contributed by atoms with E-state index in [1.165, 1.54) is 6.39 Å². The van der Waals surface area contributed by atoms with E-state index in [9.17, 15) is 0 Å². The molecule has 2 aromatic heterocycles. The van der Waals surface area contributed by atoms with Gasteiger partial charge < -0.3 is 8.98 Å². The van der Waals surface area contributed by atoms with Crippen molar-refractivity contribution in [3.8, 4) is 17.0 Å². The van der Waals surface area contributed by atoms with Gasteiger partial charge in [0.05, 0.1) is 16.9 Å². The highest BCUT2D eigenvalue weighted by Gasteiger charge is 2.10. The van der Waals surface area contributed by atoms with Crippen LogP contribution in [0.2, 0.25) is 5.02 Å². The number of rotatable bonds is 2. The summed E-state index contributed by atoms with van der Waals surface area (Å²) in [6, 6.07) is 5.77. The Labute approximate surface area is 115 Å². The fourth-order valence-corrected chi connectivity index (χ4v) is 2.29. The Balaban J connectivity index is 2.14. The summed E-state index contributed by atoms with van der Waals surface area (Å²) >= 11 is 6.21. The maximum atomic E-state index is 6.21. The molecule has 0 fully saturated rings. The van der Waals surface area contributed by atoms with Gasteiger partial charge in [0.2, 0.25) is 0 Å². The normalized spacial score (nSPS) is 10.9. The van der Waals surface area contributed by atoms with E-state index in [0.29, 0.717) is 10.8 Å². The van der Waals surface area contributed by atoms with Crippen LogP contribution in [0.3, 0.4) is 0 Å². The van der Waals surface area contributed by atoms with Gasteiger partial charge in [-0.05, 0) is 32.0 Å². The van der Waals surface area contributed by atoms with Crippen molar-refractivity contribution in [3.05, 3.63) is 53.5 Å². The molecule has 2 heterocycles. The van der Waals surface area contributed by atoms with Gasteiger partial charge in [-0.3, -0.25) is 0 Å². The highest BCUT2D eigenvalue weighted by atomic mass is 35.5. The number of aromatic nitrogens is 3. The fraction of sp³-hybridized carbons (Fsp3) is 0.143. The topological polar surface area (TPSA) is 43.9 Å². The number of oxazole rings is 1. The number of halogens is 1. The molecular weight excluding hydrogens is 262 g/mol. The predicted molar refractivity (Wildman–Crippen MR) is 73.5 cm³/mol. The zero-order chi connectivity index (χ0) is 13.4. The van der Waals surface area contributed by atoms with Crippen LogP contribution < -0.4 is 0 Å². The Hall–Kier alpha value is -2.07. The van der Waals surface area contributed by atoms with Gasteiger partial charge in [0.1, 0.15) is 5.82 Å². The smallest absolute Gasteiger partial charge is 0.181 e. The Morgan fingerprint density at radius 1 is 1.26 bits per heavy atom. The van der Waals surface area contributed by atoms with Crippen molar-refractivity contribution in [2.75, 3.05) is 0 Å². The van der Waals surface area contributed by atoms with Crippen molar-refractivity contribution < 1.29 is 4.42 Å². The summed E-state index contributed by atoms with van der Waals surface area (Å²) in [5.74, 6) is 1.59. The molecule has 0 aliphatic carbocycles. The standard InChI is InChI=1S/C14H12ClN3O/c1-9-7-18(10(2)17-9)11-3-4-13(15)12(5-11)14-6-16-8-19-14/h3-8H,1-2H3. The van der Waals surface area contributed by atoms with E-state index in [4.69, 9.17) is 16.0 Å². The molecule has 0 aliphatic heterocycles. The lowest BCUT2D eigenvalue weighted by atomic mass is 10.1. The monoisotopic (exact) mass is 273 g/mol. The highest BCUT2D eigenvalue weighted by molar-refractivity contribution is 6.33. The van der Waals surface area contributed by atoms with Crippen molar-refractivity contribution in [1.82, 2.24) is 14.5 Å². The van der Waals surface area contributed by atoms with Crippen LogP contribution in [0.25, 0.3) is 17.0 Å². The minimum atomic E-state index is 0.634. The van der Waals surface area contributed by atoms with Crippen LogP contribution >= 0.6 is 11.6 Å². The summed E-state index contributed by atoms with van der Waals surface area (Å²) in [6.45, 7) is 3.94. The number of imidazole rings is 1. The largest absolute Gasteiger partial charge is 0.443 e. The quantitative estimate of drug-likeness (QED) is 0.713. The van der Waals surface area contributed by atoms with Crippen molar-refractivity contribution >= 4 is 11.6 Å². The van der Waals surface area contributed by atoms with Crippen LogP contribution in [0.1, 0.15) is 11.5 Å². The van der Waals surface area contributed by atoms with Gasteiger partial charge in [-0.2, -0.15) is 0 Å². The summed E-state index contributed by atoms with van der Waals surface area (Å²) in [7, 11) is 0. The SMILES string of the molecule is Cc1cn(-c2ccc(Cl)c(-c3cnco3)c2)c(C)n1. The first kappa shape index (κ1) is 12.0. The first-order valence-electron chi connectivity index (χ1n) is 5.86. The Kier molecular flexibility index (Phi) is 2.87. The Bertz CT molecular complexity index is 716. The van der Waals surface area contributed by atoms with Gasteiger partial charge in [-0.1, -0.05) is 11.6 Å². The van der Waals surface area contributed by atoms with E-state index in [0.717, 1.165) is 22.8 Å². The van der Waals surface area contributed by atoms with E-state index in [2.05, 4.69) is 9.97 Å². The molecule has 96 valence electrons. The Morgan fingerprint density at radius 3 is 2.74 bits per heavy atom. The number of hydrogen-bond donors (Lipinski definition) is 0. The van der Waals surface area contributed by atoms with Crippen molar-refractivity contribution in [1.29, 1.82) is 0 Å². The lowest BCUT2D eigenvalue weighted by Crippen LogP contribution is -1.95. The molecule has 3 rings (SSSR count). The second-order valence-corrected chi connectivity index (χ2v) is 4.74. The van der Waals surface area contributed by atoms with E-state index in [1.54, 1.807) is 6.20 Å². The van der Waals surface area contributed by atoms with Gasteiger partial charge in [0.25, 0.3) is 0 Å². The van der Waals surface area contributed by atoms with Gasteiger partial charge in [0, 0.05) is 17.4 Å². The molecule has 0 radical (unpaired) electrons. The predicted octanol–water partition coefficient (Wildman–Crippen LogP) is 3.80. The second-order valence-electron chi connectivity index (χ2n) is 4.33. The molecule has 19 heavy (non-hydrogen) atoms. The van der Waals surface area contributed by atoms with Crippen LogP contribution in [-0.2, 0) is 0 Å². The molecule has 0 bridgehead atoms. The molecule has 0 saturated heterocycles. The minimum absolute atomic E-state index is 0.634. The lowest BCUT2D eigenvalue weighted by molar-refractivity contribution is 0.572. The average Bonchev–Trinajstić information content (AvgIpc) is 3.00. The summed E-state index contributed by atoms with van der Waals surface area (Å²) in [5, 5.41) is 0.634. The first-order chi connectivity index (χ1) is 9.15. The third-order valence-corrected chi connectivity index (χ3v) is 3.26. The molecular formula is C14H12ClN3O. The van der Waals surface area contributed by atoms with Crippen molar-refractivity contribution in [3.63, 3.8) is 0 Å². The molecule has 0 unspecified atom stereocenters. The van der Waals surface area contributed by atoms with E-state index < -0.39 is 0 Å². The van der Waals surface area contributed by atoms with Crippen LogP contribution in [0.5, 0.6) is 0 Å².